The second-order valence-corrected chi connectivity index (χ2v) is 2.97. The van der Waals surface area contributed by atoms with Crippen molar-refractivity contribution >= 4 is 0 Å². The third kappa shape index (κ3) is 4.73. The lowest BCUT2D eigenvalue weighted by molar-refractivity contribution is 0.0322. The Morgan fingerprint density at radius 3 is 2.67 bits per heavy atom. The number of hydrogen-bond acceptors (Lipinski definition) is 4. The highest BCUT2D eigenvalue weighted by molar-refractivity contribution is 5.22. The maximum absolute atomic E-state index is 12.5. The number of halogens is 1. The van der Waals surface area contributed by atoms with Crippen LogP contribution >= 0.6 is 0 Å². The highest BCUT2D eigenvalue weighted by atomic mass is 19.1. The number of aliphatic hydroxyl groups is 1. The molecule has 0 spiro atoms. The highest BCUT2D eigenvalue weighted by Gasteiger charge is 2.04. The van der Waals surface area contributed by atoms with E-state index in [2.05, 4.69) is 10.3 Å². The van der Waals surface area contributed by atoms with E-state index in [1.807, 2.05) is 0 Å². The number of rotatable bonds is 6. The van der Waals surface area contributed by atoms with E-state index in [0.29, 0.717) is 5.75 Å². The summed E-state index contributed by atoms with van der Waals surface area (Å²) in [6.07, 6.45) is -0.671. The van der Waals surface area contributed by atoms with E-state index in [1.54, 1.807) is 0 Å². The first kappa shape index (κ1) is 11.9. The Kier molecular flexibility index (Phi) is 5.03. The van der Waals surface area contributed by atoms with Gasteiger partial charge in [-0.05, 0) is 24.3 Å². The van der Waals surface area contributed by atoms with Crippen LogP contribution in [-0.2, 0) is 4.84 Å². The van der Waals surface area contributed by atoms with Crippen molar-refractivity contribution in [2.75, 3.05) is 20.3 Å². The lowest BCUT2D eigenvalue weighted by Gasteiger charge is -2.12. The summed E-state index contributed by atoms with van der Waals surface area (Å²) in [5, 5.41) is 9.35. The molecule has 2 N–H and O–H groups in total. The van der Waals surface area contributed by atoms with Crippen molar-refractivity contribution in [2.45, 2.75) is 6.10 Å². The lowest BCUT2D eigenvalue weighted by atomic mass is 10.3. The summed E-state index contributed by atoms with van der Waals surface area (Å²) in [7, 11) is 1.47. The topological polar surface area (TPSA) is 50.7 Å². The summed E-state index contributed by atoms with van der Waals surface area (Å²) in [4.78, 5) is 4.57. The Morgan fingerprint density at radius 2 is 2.07 bits per heavy atom. The summed E-state index contributed by atoms with van der Waals surface area (Å²) in [6.45, 7) is 0.402. The molecule has 0 heterocycles. The molecule has 5 heteroatoms. The van der Waals surface area contributed by atoms with Crippen molar-refractivity contribution < 1.29 is 19.1 Å². The third-order valence-corrected chi connectivity index (χ3v) is 1.72. The molecule has 0 radical (unpaired) electrons. The molecule has 0 aliphatic rings. The Bertz CT molecular complexity index is 279. The van der Waals surface area contributed by atoms with Crippen LogP contribution in [0.15, 0.2) is 24.3 Å². The Balaban J connectivity index is 2.27. The van der Waals surface area contributed by atoms with E-state index in [0.717, 1.165) is 0 Å². The number of benzene rings is 1. The molecule has 1 aromatic rings. The van der Waals surface area contributed by atoms with Crippen molar-refractivity contribution in [3.05, 3.63) is 30.1 Å². The van der Waals surface area contributed by atoms with Crippen molar-refractivity contribution in [2.24, 2.45) is 0 Å². The van der Waals surface area contributed by atoms with Crippen LogP contribution in [0.25, 0.3) is 0 Å². The first-order valence-corrected chi connectivity index (χ1v) is 4.54. The molecule has 1 rings (SSSR count). The molecule has 4 nitrogen and oxygen atoms in total. The van der Waals surface area contributed by atoms with Gasteiger partial charge in [0.1, 0.15) is 24.3 Å². The van der Waals surface area contributed by atoms with E-state index in [1.165, 1.54) is 31.4 Å². The fourth-order valence-corrected chi connectivity index (χ4v) is 0.962. The van der Waals surface area contributed by atoms with Crippen LogP contribution in [0.5, 0.6) is 5.75 Å². The predicted octanol–water partition coefficient (Wildman–Crippen LogP) is 0.716. The first-order chi connectivity index (χ1) is 7.22. The van der Waals surface area contributed by atoms with Crippen LogP contribution in [0.3, 0.4) is 0 Å². The van der Waals surface area contributed by atoms with Gasteiger partial charge in [0.15, 0.2) is 0 Å². The molecule has 0 bridgehead atoms. The van der Waals surface area contributed by atoms with Crippen molar-refractivity contribution in [3.8, 4) is 5.75 Å². The van der Waals surface area contributed by atoms with E-state index >= 15 is 0 Å². The molecule has 1 atom stereocenters. The van der Waals surface area contributed by atoms with Crippen molar-refractivity contribution in [1.82, 2.24) is 5.48 Å². The van der Waals surface area contributed by atoms with Crippen LogP contribution < -0.4 is 10.2 Å². The molecule has 0 aromatic heterocycles. The quantitative estimate of drug-likeness (QED) is 0.686. The second-order valence-electron chi connectivity index (χ2n) is 2.97. The van der Waals surface area contributed by atoms with Gasteiger partial charge in [0.25, 0.3) is 0 Å². The molecule has 0 saturated heterocycles. The van der Waals surface area contributed by atoms with Gasteiger partial charge in [0.05, 0.1) is 13.7 Å². The normalized spacial score (nSPS) is 12.5. The van der Waals surface area contributed by atoms with Gasteiger partial charge in [-0.15, -0.1) is 0 Å². The van der Waals surface area contributed by atoms with Crippen LogP contribution in [0, 0.1) is 5.82 Å². The Hall–Kier alpha value is -1.17. The standard InChI is InChI=1S/C10H14FNO3/c1-14-12-6-9(13)7-15-10-4-2-8(11)3-5-10/h2-5,9,12-13H,6-7H2,1H3. The van der Waals surface area contributed by atoms with E-state index in [9.17, 15) is 9.50 Å². The summed E-state index contributed by atoms with van der Waals surface area (Å²) in [5.41, 5.74) is 2.50. The molecule has 1 aromatic carbocycles. The van der Waals surface area contributed by atoms with E-state index < -0.39 is 6.10 Å². The van der Waals surface area contributed by atoms with Crippen molar-refractivity contribution in [1.29, 1.82) is 0 Å². The summed E-state index contributed by atoms with van der Waals surface area (Å²) in [6, 6.07) is 5.61. The second kappa shape index (κ2) is 6.34. The average molecular weight is 215 g/mol. The zero-order chi connectivity index (χ0) is 11.1. The SMILES string of the molecule is CONCC(O)COc1ccc(F)cc1. The smallest absolute Gasteiger partial charge is 0.123 e. The van der Waals surface area contributed by atoms with Crippen molar-refractivity contribution in [3.63, 3.8) is 0 Å². The monoisotopic (exact) mass is 215 g/mol. The summed E-state index contributed by atoms with van der Waals surface area (Å²) < 4.78 is 17.7. The fourth-order valence-electron chi connectivity index (χ4n) is 0.962. The number of ether oxygens (including phenoxy) is 1. The lowest BCUT2D eigenvalue weighted by Crippen LogP contribution is -2.30. The predicted molar refractivity (Wildman–Crippen MR) is 52.9 cm³/mol. The average Bonchev–Trinajstić information content (AvgIpc) is 2.25. The van der Waals surface area contributed by atoms with Gasteiger partial charge in [-0.1, -0.05) is 0 Å². The molecular weight excluding hydrogens is 201 g/mol. The van der Waals surface area contributed by atoms with Gasteiger partial charge in [0, 0.05) is 0 Å². The van der Waals surface area contributed by atoms with Crippen LogP contribution in [0.1, 0.15) is 0 Å². The maximum Gasteiger partial charge on any atom is 0.123 e. The molecule has 0 amide bonds. The van der Waals surface area contributed by atoms with Gasteiger partial charge in [-0.25, -0.2) is 9.87 Å². The van der Waals surface area contributed by atoms with Gasteiger partial charge in [-0.2, -0.15) is 0 Å². The molecule has 1 unspecified atom stereocenters. The third-order valence-electron chi connectivity index (χ3n) is 1.72. The van der Waals surface area contributed by atoms with Crippen LogP contribution in [0.4, 0.5) is 4.39 Å². The van der Waals surface area contributed by atoms with Crippen LogP contribution in [0.2, 0.25) is 0 Å². The minimum absolute atomic E-state index is 0.127. The molecule has 84 valence electrons. The minimum atomic E-state index is -0.671. The maximum atomic E-state index is 12.5. The number of aliphatic hydroxyl groups excluding tert-OH is 1. The fraction of sp³-hybridized carbons (Fsp3) is 0.400. The number of hydrogen-bond donors (Lipinski definition) is 2. The first-order valence-electron chi connectivity index (χ1n) is 4.54. The van der Waals surface area contributed by atoms with Gasteiger partial charge in [0.2, 0.25) is 0 Å². The molecule has 0 fully saturated rings. The zero-order valence-electron chi connectivity index (χ0n) is 8.44. The van der Waals surface area contributed by atoms with Crippen LogP contribution in [-0.4, -0.2) is 31.5 Å². The summed E-state index contributed by atoms with van der Waals surface area (Å²) in [5.74, 6) is 0.205. The molecular formula is C10H14FNO3. The highest BCUT2D eigenvalue weighted by Crippen LogP contribution is 2.10. The number of nitrogens with one attached hydrogen (secondary N) is 1. The summed E-state index contributed by atoms with van der Waals surface area (Å²) >= 11 is 0. The number of hydroxylamine groups is 1. The van der Waals surface area contributed by atoms with Gasteiger partial charge >= 0.3 is 0 Å². The largest absolute Gasteiger partial charge is 0.491 e. The Labute approximate surface area is 87.6 Å². The molecule has 15 heavy (non-hydrogen) atoms. The van der Waals surface area contributed by atoms with Gasteiger partial charge < -0.3 is 14.7 Å². The molecule has 0 aliphatic heterocycles. The minimum Gasteiger partial charge on any atom is -0.491 e. The van der Waals surface area contributed by atoms with E-state index in [-0.39, 0.29) is 19.0 Å². The molecule has 0 saturated carbocycles. The van der Waals surface area contributed by atoms with Gasteiger partial charge in [-0.3, -0.25) is 0 Å². The van der Waals surface area contributed by atoms with E-state index in [4.69, 9.17) is 4.74 Å². The Morgan fingerprint density at radius 1 is 1.40 bits per heavy atom. The molecule has 0 aliphatic carbocycles. The zero-order valence-corrected chi connectivity index (χ0v) is 8.44.